The summed E-state index contributed by atoms with van der Waals surface area (Å²) >= 11 is 0. The molecule has 2 aliphatic carbocycles. The first-order chi connectivity index (χ1) is 27.6. The van der Waals surface area contributed by atoms with E-state index in [4.69, 9.17) is 4.42 Å². The molecule has 10 rings (SSSR count). The number of furan rings is 1. The Morgan fingerprint density at radius 2 is 1.07 bits per heavy atom. The van der Waals surface area contributed by atoms with E-state index in [1.807, 2.05) is 0 Å². The highest BCUT2D eigenvalue weighted by atomic mass is 16.3. The second-order valence-corrected chi connectivity index (χ2v) is 22.6. The summed E-state index contributed by atoms with van der Waals surface area (Å²) in [4.78, 5) is 5.22. The first-order valence-electron chi connectivity index (χ1n) is 22.3. The first-order valence-corrected chi connectivity index (χ1v) is 22.3. The maximum absolute atomic E-state index is 7.28. The van der Waals surface area contributed by atoms with Gasteiger partial charge in [0.1, 0.15) is 5.58 Å². The van der Waals surface area contributed by atoms with Crippen molar-refractivity contribution in [2.45, 2.75) is 150 Å². The van der Waals surface area contributed by atoms with Crippen LogP contribution in [-0.2, 0) is 27.1 Å². The van der Waals surface area contributed by atoms with Crippen molar-refractivity contribution < 1.29 is 4.42 Å². The van der Waals surface area contributed by atoms with Crippen LogP contribution in [0.2, 0.25) is 0 Å². The minimum Gasteiger partial charge on any atom is -0.468 e. The van der Waals surface area contributed by atoms with Gasteiger partial charge in [-0.3, -0.25) is 0 Å². The van der Waals surface area contributed by atoms with Crippen LogP contribution in [0.3, 0.4) is 0 Å². The van der Waals surface area contributed by atoms with E-state index in [-0.39, 0.29) is 33.8 Å². The second kappa shape index (κ2) is 12.2. The molecule has 1 aromatic heterocycles. The predicted octanol–water partition coefficient (Wildman–Crippen LogP) is 13.4. The number of rotatable bonds is 2. The fourth-order valence-electron chi connectivity index (χ4n) is 11.4. The Morgan fingerprint density at radius 1 is 0.542 bits per heavy atom. The molecule has 0 N–H and O–H groups in total. The van der Waals surface area contributed by atoms with Gasteiger partial charge in [-0.25, -0.2) is 0 Å². The average molecular weight is 779 g/mol. The smallest absolute Gasteiger partial charge is 0.297 e. The standard InChI is InChI=1S/C55H63BN2O/c1-32-15-20-47-37(25-32)49-50(59-47)56-42-29-39-41(55(13,14)24-22-53(39,9)10)31-44(42)58(43-30-40-38(28-34(43)3)52(7,8)21-23-54(40,11)12)46-27-33(2)26-45(48(46)56)57(49)36-18-16-35(17-19-36)51(4,5)6/h15-20,25-31H,21-24H2,1-14H3. The molecule has 4 heteroatoms. The number of benzene rings is 5. The molecule has 5 aromatic carbocycles. The highest BCUT2D eigenvalue weighted by Gasteiger charge is 2.49. The third-order valence-corrected chi connectivity index (χ3v) is 15.3. The van der Waals surface area contributed by atoms with Crippen LogP contribution in [0.5, 0.6) is 0 Å². The van der Waals surface area contributed by atoms with E-state index in [1.165, 1.54) is 115 Å². The summed E-state index contributed by atoms with van der Waals surface area (Å²) in [6.45, 7) is 33.4. The maximum atomic E-state index is 7.28. The maximum Gasteiger partial charge on any atom is 0.297 e. The highest BCUT2D eigenvalue weighted by Crippen LogP contribution is 2.54. The summed E-state index contributed by atoms with van der Waals surface area (Å²) in [5.74, 6) is 0. The molecule has 302 valence electrons. The summed E-state index contributed by atoms with van der Waals surface area (Å²) in [5, 5.41) is 1.17. The van der Waals surface area contributed by atoms with Gasteiger partial charge in [0.05, 0.1) is 11.3 Å². The van der Waals surface area contributed by atoms with E-state index in [0.717, 1.165) is 16.9 Å². The van der Waals surface area contributed by atoms with Crippen molar-refractivity contribution in [3.63, 3.8) is 0 Å². The number of anilines is 6. The molecule has 0 atom stereocenters. The molecule has 0 amide bonds. The Balaban J connectivity index is 1.34. The number of hydrogen-bond acceptors (Lipinski definition) is 3. The fourth-order valence-corrected chi connectivity index (χ4v) is 11.4. The summed E-state index contributed by atoms with van der Waals surface area (Å²) in [5.41, 5.74) is 23.6. The van der Waals surface area contributed by atoms with Gasteiger partial charge in [0.25, 0.3) is 6.71 Å². The summed E-state index contributed by atoms with van der Waals surface area (Å²) < 4.78 is 7.28. The zero-order chi connectivity index (χ0) is 41.9. The van der Waals surface area contributed by atoms with Gasteiger partial charge < -0.3 is 14.2 Å². The molecule has 0 fully saturated rings. The Bertz CT molecular complexity index is 2750. The van der Waals surface area contributed by atoms with Gasteiger partial charge in [-0.05, 0) is 172 Å². The summed E-state index contributed by atoms with van der Waals surface area (Å²) in [7, 11) is 0. The SMILES string of the molecule is Cc1cc2c3c(c1)N(c1ccc(C(C)(C)C)cc1)c1c(oc4ccc(C)cc14)B3c1cc3c(cc1N2c1cc2c(cc1C)C(C)(C)CCC2(C)C)C(C)(C)CCC3(C)C. The van der Waals surface area contributed by atoms with Crippen molar-refractivity contribution in [3.05, 3.63) is 123 Å². The van der Waals surface area contributed by atoms with Gasteiger partial charge >= 0.3 is 0 Å². The van der Waals surface area contributed by atoms with Crippen LogP contribution in [0.25, 0.3) is 11.0 Å². The number of hydrogen-bond donors (Lipinski definition) is 0. The minimum absolute atomic E-state index is 0.0564. The van der Waals surface area contributed by atoms with Crippen molar-refractivity contribution in [3.8, 4) is 0 Å². The normalized spacial score (nSPS) is 19.2. The molecule has 4 aliphatic rings. The van der Waals surface area contributed by atoms with E-state index < -0.39 is 0 Å². The van der Waals surface area contributed by atoms with E-state index >= 15 is 0 Å². The van der Waals surface area contributed by atoms with Crippen LogP contribution < -0.4 is 26.4 Å². The van der Waals surface area contributed by atoms with Gasteiger partial charge in [-0.15, -0.1) is 0 Å². The molecule has 0 saturated carbocycles. The molecule has 6 aromatic rings. The second-order valence-electron chi connectivity index (χ2n) is 22.6. The largest absolute Gasteiger partial charge is 0.468 e. The lowest BCUT2D eigenvalue weighted by atomic mass is 9.35. The predicted molar refractivity (Wildman–Crippen MR) is 254 cm³/mol. The van der Waals surface area contributed by atoms with Crippen LogP contribution >= 0.6 is 0 Å². The summed E-state index contributed by atoms with van der Waals surface area (Å²) in [6, 6.07) is 31.4. The number of aryl methyl sites for hydroxylation is 3. The molecule has 3 heterocycles. The van der Waals surface area contributed by atoms with Crippen molar-refractivity contribution in [2.24, 2.45) is 0 Å². The lowest BCUT2D eigenvalue weighted by Gasteiger charge is -2.47. The Morgan fingerprint density at radius 3 is 1.64 bits per heavy atom. The van der Waals surface area contributed by atoms with Gasteiger partial charge in [0, 0.05) is 33.8 Å². The van der Waals surface area contributed by atoms with Crippen molar-refractivity contribution in [1.29, 1.82) is 0 Å². The zero-order valence-corrected chi connectivity index (χ0v) is 38.2. The molecule has 0 saturated heterocycles. The van der Waals surface area contributed by atoms with Crippen molar-refractivity contribution in [1.82, 2.24) is 0 Å². The molecule has 59 heavy (non-hydrogen) atoms. The highest BCUT2D eigenvalue weighted by molar-refractivity contribution is 7.00. The van der Waals surface area contributed by atoms with E-state index in [9.17, 15) is 0 Å². The van der Waals surface area contributed by atoms with Crippen LogP contribution in [0.4, 0.5) is 34.1 Å². The van der Waals surface area contributed by atoms with Crippen molar-refractivity contribution >= 4 is 68.4 Å². The molecule has 0 bridgehead atoms. The Labute approximate surface area is 354 Å². The number of nitrogens with zero attached hydrogens (tertiary/aromatic N) is 2. The van der Waals surface area contributed by atoms with Crippen LogP contribution in [0, 0.1) is 20.8 Å². The monoisotopic (exact) mass is 779 g/mol. The van der Waals surface area contributed by atoms with Crippen LogP contribution in [0.1, 0.15) is 146 Å². The topological polar surface area (TPSA) is 19.6 Å². The van der Waals surface area contributed by atoms with Gasteiger partial charge in [-0.2, -0.15) is 0 Å². The zero-order valence-electron chi connectivity index (χ0n) is 38.2. The molecule has 3 nitrogen and oxygen atoms in total. The molecule has 0 spiro atoms. The quantitative estimate of drug-likeness (QED) is 0.163. The fraction of sp³-hybridized carbons (Fsp3) is 0.418. The molecule has 0 unspecified atom stereocenters. The number of fused-ring (bicyclic) bond motifs is 8. The summed E-state index contributed by atoms with van der Waals surface area (Å²) in [6.07, 6.45) is 4.73. The third-order valence-electron chi connectivity index (χ3n) is 15.3. The average Bonchev–Trinajstić information content (AvgIpc) is 3.53. The van der Waals surface area contributed by atoms with E-state index in [2.05, 4.69) is 186 Å². The van der Waals surface area contributed by atoms with Crippen LogP contribution in [-0.4, -0.2) is 6.71 Å². The van der Waals surface area contributed by atoms with Crippen molar-refractivity contribution in [2.75, 3.05) is 9.80 Å². The Hall–Kier alpha value is -4.70. The third kappa shape index (κ3) is 5.60. The van der Waals surface area contributed by atoms with Gasteiger partial charge in [-0.1, -0.05) is 112 Å². The van der Waals surface area contributed by atoms with E-state index in [1.54, 1.807) is 0 Å². The lowest BCUT2D eigenvalue weighted by molar-refractivity contribution is 0.331. The van der Waals surface area contributed by atoms with Gasteiger partial charge in [0.15, 0.2) is 0 Å². The van der Waals surface area contributed by atoms with E-state index in [0.29, 0.717) is 0 Å². The molecular weight excluding hydrogens is 715 g/mol. The molecule has 0 radical (unpaired) electrons. The molecule has 2 aliphatic heterocycles. The minimum atomic E-state index is -0.0703. The molecular formula is C55H63BN2O. The lowest BCUT2D eigenvalue weighted by Crippen LogP contribution is -2.61. The first kappa shape index (κ1) is 38.5. The Kier molecular flexibility index (Phi) is 7.97. The van der Waals surface area contributed by atoms with Crippen LogP contribution in [0.15, 0.2) is 83.3 Å². The van der Waals surface area contributed by atoms with Gasteiger partial charge in [0.2, 0.25) is 0 Å².